The molecule has 11 heteroatoms. The van der Waals surface area contributed by atoms with Crippen molar-refractivity contribution in [2.75, 3.05) is 57.3 Å². The maximum atomic E-state index is 13.4. The zero-order chi connectivity index (χ0) is 23.9. The van der Waals surface area contributed by atoms with Gasteiger partial charge in [-0.1, -0.05) is 12.1 Å². The van der Waals surface area contributed by atoms with Gasteiger partial charge in [0.1, 0.15) is 32.7 Å². The molecule has 0 amide bonds. The van der Waals surface area contributed by atoms with E-state index in [0.717, 1.165) is 12.1 Å². The van der Waals surface area contributed by atoms with Crippen molar-refractivity contribution in [2.45, 2.75) is 22.4 Å². The third-order valence-electron chi connectivity index (χ3n) is 6.42. The Morgan fingerprint density at radius 1 is 0.939 bits per heavy atom. The Hall–Kier alpha value is -2.02. The third kappa shape index (κ3) is 4.93. The highest BCUT2D eigenvalue weighted by Crippen LogP contribution is 2.44. The predicted octanol–water partition coefficient (Wildman–Crippen LogP) is 3.35. The second-order valence-electron chi connectivity index (χ2n) is 8.60. The van der Waals surface area contributed by atoms with Gasteiger partial charge in [0.25, 0.3) is 0 Å². The summed E-state index contributed by atoms with van der Waals surface area (Å²) in [5.41, 5.74) is -0.0208. The third-order valence-corrected chi connectivity index (χ3v) is 7.91. The molecule has 0 bridgehead atoms. The number of hydrogen-bond donors (Lipinski definition) is 1. The van der Waals surface area contributed by atoms with Crippen LogP contribution in [0.4, 0.5) is 24.5 Å². The number of piperazine rings is 1. The summed E-state index contributed by atoms with van der Waals surface area (Å²) in [6.45, 7) is 0.879. The molecule has 0 radical (unpaired) electrons. The molecule has 33 heavy (non-hydrogen) atoms. The van der Waals surface area contributed by atoms with Gasteiger partial charge in [0.05, 0.1) is 50.7 Å². The average Bonchev–Trinajstić information content (AvgIpc) is 2.78. The summed E-state index contributed by atoms with van der Waals surface area (Å²) in [6.07, 6.45) is -4.14. The van der Waals surface area contributed by atoms with Gasteiger partial charge in [-0.25, -0.2) is 4.21 Å². The number of hydrogen-bond acceptors (Lipinski definition) is 5. The molecule has 2 heterocycles. The maximum Gasteiger partial charge on any atom is 0.416 e. The number of aliphatic hydroxyl groups excluding tert-OH is 1. The number of aliphatic hydroxyl groups is 1. The van der Waals surface area contributed by atoms with E-state index in [0.29, 0.717) is 21.9 Å². The number of rotatable bonds is 6. The predicted molar refractivity (Wildman–Crippen MR) is 118 cm³/mol. The number of alkyl halides is 3. The first kappa shape index (κ1) is 24.1. The lowest BCUT2D eigenvalue weighted by Crippen LogP contribution is -2.63. The average molecular weight is 486 g/mol. The lowest BCUT2D eigenvalue weighted by molar-refractivity contribution is -0.989. The highest BCUT2D eigenvalue weighted by molar-refractivity contribution is 7.85. The van der Waals surface area contributed by atoms with E-state index in [1.54, 1.807) is 29.2 Å². The van der Waals surface area contributed by atoms with Gasteiger partial charge in [-0.15, -0.1) is 0 Å². The zero-order valence-electron chi connectivity index (χ0n) is 18.0. The molecule has 4 rings (SSSR count). The number of halogens is 3. The second kappa shape index (κ2) is 8.97. The fourth-order valence-corrected chi connectivity index (χ4v) is 5.84. The van der Waals surface area contributed by atoms with Crippen molar-refractivity contribution < 1.29 is 31.8 Å². The normalized spacial score (nSPS) is 27.2. The van der Waals surface area contributed by atoms with E-state index in [9.17, 15) is 27.8 Å². The van der Waals surface area contributed by atoms with E-state index in [-0.39, 0.29) is 58.1 Å². The van der Waals surface area contributed by atoms with Crippen molar-refractivity contribution in [2.24, 2.45) is 0 Å². The largest absolute Gasteiger partial charge is 0.632 e. The van der Waals surface area contributed by atoms with Gasteiger partial charge in [-0.05, 0) is 30.3 Å². The van der Waals surface area contributed by atoms with Gasteiger partial charge in [0.2, 0.25) is 0 Å². The van der Waals surface area contributed by atoms with Crippen molar-refractivity contribution >= 4 is 22.2 Å². The Kier molecular flexibility index (Phi) is 6.56. The Bertz CT molecular complexity index is 1040. The van der Waals surface area contributed by atoms with Gasteiger partial charge in [-0.3, -0.25) is 0 Å². The number of anilines is 2. The van der Waals surface area contributed by atoms with Gasteiger partial charge in [0, 0.05) is 13.0 Å². The summed E-state index contributed by atoms with van der Waals surface area (Å²) in [7, 11) is -1.61. The second-order valence-corrected chi connectivity index (χ2v) is 10.0. The molecule has 7 nitrogen and oxygen atoms in total. The van der Waals surface area contributed by atoms with Gasteiger partial charge < -0.3 is 29.7 Å². The minimum Gasteiger partial charge on any atom is -0.632 e. The molecule has 180 valence electrons. The zero-order valence-corrected chi connectivity index (χ0v) is 18.8. The number of hydroxylamine groups is 6. The molecule has 0 saturated carbocycles. The van der Waals surface area contributed by atoms with E-state index in [4.69, 9.17) is 5.11 Å². The Morgan fingerprint density at radius 2 is 1.55 bits per heavy atom. The van der Waals surface area contributed by atoms with E-state index in [2.05, 4.69) is 0 Å². The van der Waals surface area contributed by atoms with Crippen LogP contribution in [0.3, 0.4) is 0 Å². The van der Waals surface area contributed by atoms with Crippen molar-refractivity contribution in [3.63, 3.8) is 0 Å². The standard InChI is InChI=1S/C22H26F3N3O4S/c23-22(24,25)17-6-7-21-19(16-17)26(18-4-1-2-5-20(18)33(21)32)8-3-9-27(30)10-12-28(31,13-11-27)14-15-29/h1-2,4-7,16,29H,3,8-15H2. The van der Waals surface area contributed by atoms with E-state index < -0.39 is 31.8 Å². The number of quaternary nitrogens is 2. The smallest absolute Gasteiger partial charge is 0.416 e. The monoisotopic (exact) mass is 485 g/mol. The number of fused-ring (bicyclic) bond motifs is 2. The highest BCUT2D eigenvalue weighted by atomic mass is 32.2. The Morgan fingerprint density at radius 3 is 2.18 bits per heavy atom. The van der Waals surface area contributed by atoms with Crippen LogP contribution < -0.4 is 4.90 Å². The minimum absolute atomic E-state index is 0.0695. The molecule has 0 aromatic heterocycles. The number of benzene rings is 2. The molecule has 1 unspecified atom stereocenters. The molecule has 1 fully saturated rings. The van der Waals surface area contributed by atoms with Crippen LogP contribution in [-0.4, -0.2) is 71.0 Å². The number of para-hydroxylation sites is 1. The molecule has 1 saturated heterocycles. The summed E-state index contributed by atoms with van der Waals surface area (Å²) in [5, 5.41) is 34.6. The molecule has 0 aliphatic carbocycles. The van der Waals surface area contributed by atoms with Crippen LogP contribution in [0.2, 0.25) is 0 Å². The first-order valence-corrected chi connectivity index (χ1v) is 11.9. The molecular weight excluding hydrogens is 459 g/mol. The van der Waals surface area contributed by atoms with Crippen molar-refractivity contribution in [1.82, 2.24) is 0 Å². The van der Waals surface area contributed by atoms with Crippen molar-refractivity contribution in [3.05, 3.63) is 58.4 Å². The van der Waals surface area contributed by atoms with Gasteiger partial charge >= 0.3 is 6.18 Å². The molecule has 2 aromatic rings. The summed E-state index contributed by atoms with van der Waals surface area (Å²) in [6, 6.07) is 10.1. The van der Waals surface area contributed by atoms with E-state index >= 15 is 0 Å². The van der Waals surface area contributed by atoms with Gasteiger partial charge in [0.15, 0.2) is 0 Å². The fourth-order valence-electron chi connectivity index (χ4n) is 4.49. The summed E-state index contributed by atoms with van der Waals surface area (Å²) in [5.74, 6) is 0. The van der Waals surface area contributed by atoms with Crippen LogP contribution in [0.5, 0.6) is 0 Å². The highest BCUT2D eigenvalue weighted by Gasteiger charge is 2.36. The van der Waals surface area contributed by atoms with Crippen LogP contribution >= 0.6 is 0 Å². The maximum absolute atomic E-state index is 13.4. The molecule has 2 aromatic carbocycles. The Balaban J connectivity index is 1.54. The fraction of sp³-hybridized carbons (Fsp3) is 0.455. The van der Waals surface area contributed by atoms with Crippen molar-refractivity contribution in [1.29, 1.82) is 0 Å². The van der Waals surface area contributed by atoms with Crippen LogP contribution in [-0.2, 0) is 17.0 Å². The van der Waals surface area contributed by atoms with Crippen LogP contribution in [0.25, 0.3) is 0 Å². The number of nitrogens with zero attached hydrogens (tertiary/aromatic N) is 3. The van der Waals surface area contributed by atoms with Crippen LogP contribution in [0.15, 0.2) is 52.3 Å². The molecule has 2 aliphatic heterocycles. The van der Waals surface area contributed by atoms with Crippen LogP contribution in [0.1, 0.15) is 12.0 Å². The Labute approximate surface area is 192 Å². The molecule has 1 N–H and O–H groups in total. The molecule has 1 atom stereocenters. The molecular formula is C22H26F3N3O4S. The first-order valence-electron chi connectivity index (χ1n) is 10.8. The summed E-state index contributed by atoms with van der Waals surface area (Å²) < 4.78 is 52.0. The molecule has 2 aliphatic rings. The summed E-state index contributed by atoms with van der Waals surface area (Å²) in [4.78, 5) is 2.53. The lowest BCUT2D eigenvalue weighted by Gasteiger charge is -2.54. The quantitative estimate of drug-likeness (QED) is 0.501. The SMILES string of the molecule is O=S1c2ccccc2N(CCC[N+]2([O-])CC[N+]([O-])(CCO)CC2)c2cc(C(F)(F)F)ccc21. The summed E-state index contributed by atoms with van der Waals surface area (Å²) >= 11 is 0. The lowest BCUT2D eigenvalue weighted by atomic mass is 10.1. The van der Waals surface area contributed by atoms with E-state index in [1.807, 2.05) is 0 Å². The minimum atomic E-state index is -4.53. The topological polar surface area (TPSA) is 86.7 Å². The van der Waals surface area contributed by atoms with Gasteiger partial charge in [-0.2, -0.15) is 13.2 Å². The first-order chi connectivity index (χ1) is 15.6. The van der Waals surface area contributed by atoms with Crippen molar-refractivity contribution in [3.8, 4) is 0 Å². The van der Waals surface area contributed by atoms with E-state index in [1.165, 1.54) is 6.07 Å². The van der Waals surface area contributed by atoms with Crippen LogP contribution in [0, 0.1) is 10.4 Å². The molecule has 0 spiro atoms.